The fourth-order valence-corrected chi connectivity index (χ4v) is 3.75. The quantitative estimate of drug-likeness (QED) is 0.712. The summed E-state index contributed by atoms with van der Waals surface area (Å²) in [6, 6.07) is 6.14. The molecular weight excluding hydrogens is 381 g/mol. The molecule has 0 aliphatic carbocycles. The number of anilines is 2. The Morgan fingerprint density at radius 1 is 1.25 bits per heavy atom. The molecule has 1 aromatic heterocycles. The van der Waals surface area contributed by atoms with Crippen molar-refractivity contribution in [3.63, 3.8) is 0 Å². The van der Waals surface area contributed by atoms with Gasteiger partial charge in [0.15, 0.2) is 5.16 Å². The van der Waals surface area contributed by atoms with Gasteiger partial charge in [-0.1, -0.05) is 37.7 Å². The Balaban J connectivity index is 1.74. The Hall–Kier alpha value is -2.13. The van der Waals surface area contributed by atoms with E-state index in [1.807, 2.05) is 0 Å². The maximum atomic E-state index is 13.8. The van der Waals surface area contributed by atoms with Crippen molar-refractivity contribution in [2.24, 2.45) is 5.92 Å². The highest BCUT2D eigenvalue weighted by atomic mass is 32.2. The summed E-state index contributed by atoms with van der Waals surface area (Å²) in [5.41, 5.74) is 0.178. The molecule has 2 heterocycles. The van der Waals surface area contributed by atoms with Crippen LogP contribution in [0.1, 0.15) is 20.8 Å². The van der Waals surface area contributed by atoms with E-state index in [-0.39, 0.29) is 11.6 Å². The van der Waals surface area contributed by atoms with Crippen molar-refractivity contribution in [3.8, 4) is 0 Å². The minimum atomic E-state index is -0.453. The second-order valence-corrected chi connectivity index (χ2v) is 8.42. The van der Waals surface area contributed by atoms with Crippen LogP contribution in [0.5, 0.6) is 0 Å². The van der Waals surface area contributed by atoms with Gasteiger partial charge in [-0.15, -0.1) is 10.2 Å². The molecule has 1 fully saturated rings. The number of carbonyl (C=O) groups is 1. The van der Waals surface area contributed by atoms with Crippen molar-refractivity contribution in [3.05, 3.63) is 30.1 Å². The Kier molecular flexibility index (Phi) is 6.90. The zero-order valence-electron chi connectivity index (χ0n) is 16.4. The number of aromatic nitrogens is 3. The summed E-state index contributed by atoms with van der Waals surface area (Å²) in [6.07, 6.45) is 0. The molecule has 1 aromatic carbocycles. The molecule has 0 bridgehead atoms. The lowest BCUT2D eigenvalue weighted by Gasteiger charge is -2.28. The summed E-state index contributed by atoms with van der Waals surface area (Å²) >= 11 is 1.33. The summed E-state index contributed by atoms with van der Waals surface area (Å²) < 4.78 is 21.3. The van der Waals surface area contributed by atoms with Crippen molar-refractivity contribution >= 4 is 29.3 Å². The number of hydrogen-bond donors (Lipinski definition) is 1. The minimum absolute atomic E-state index is 0.178. The van der Waals surface area contributed by atoms with Gasteiger partial charge >= 0.3 is 0 Å². The number of rotatable bonds is 7. The molecule has 0 radical (unpaired) electrons. The number of morpholine rings is 1. The molecule has 2 aromatic rings. The van der Waals surface area contributed by atoms with Crippen LogP contribution < -0.4 is 10.2 Å². The Labute approximate surface area is 168 Å². The number of para-hydroxylation sites is 1. The largest absolute Gasteiger partial charge is 0.378 e. The number of nitrogens with zero attached hydrogens (tertiary/aromatic N) is 4. The molecule has 1 amide bonds. The highest BCUT2D eigenvalue weighted by Crippen LogP contribution is 2.28. The van der Waals surface area contributed by atoms with E-state index < -0.39 is 11.1 Å². The number of amides is 1. The molecule has 152 valence electrons. The van der Waals surface area contributed by atoms with Gasteiger partial charge < -0.3 is 15.0 Å². The third kappa shape index (κ3) is 5.02. The predicted octanol–water partition coefficient (Wildman–Crippen LogP) is 3.03. The summed E-state index contributed by atoms with van der Waals surface area (Å²) in [4.78, 5) is 14.7. The molecule has 7 nitrogen and oxygen atoms in total. The molecule has 28 heavy (non-hydrogen) atoms. The van der Waals surface area contributed by atoms with Crippen LogP contribution in [-0.4, -0.2) is 52.2 Å². The lowest BCUT2D eigenvalue weighted by molar-refractivity contribution is -0.115. The number of carbonyl (C=O) groups excluding carboxylic acids is 1. The summed E-state index contributed by atoms with van der Waals surface area (Å²) in [7, 11) is 0. The maximum absolute atomic E-state index is 13.8. The number of thioether (sulfide) groups is 1. The average Bonchev–Trinajstić information content (AvgIpc) is 3.06. The normalized spacial score (nSPS) is 15.7. The van der Waals surface area contributed by atoms with Crippen LogP contribution in [0.25, 0.3) is 0 Å². The van der Waals surface area contributed by atoms with Crippen LogP contribution in [0.3, 0.4) is 0 Å². The number of nitrogens with one attached hydrogen (secondary N) is 1. The molecular formula is C19H26FN5O2S. The molecule has 1 atom stereocenters. The van der Waals surface area contributed by atoms with Crippen molar-refractivity contribution < 1.29 is 13.9 Å². The maximum Gasteiger partial charge on any atom is 0.237 e. The summed E-state index contributed by atoms with van der Waals surface area (Å²) in [6.45, 7) is 9.66. The number of benzene rings is 1. The zero-order chi connectivity index (χ0) is 20.1. The van der Waals surface area contributed by atoms with Crippen molar-refractivity contribution in [2.45, 2.75) is 37.7 Å². The summed E-state index contributed by atoms with van der Waals surface area (Å²) in [5.74, 6) is 0.478. The Bertz CT molecular complexity index is 807. The van der Waals surface area contributed by atoms with Crippen molar-refractivity contribution in [2.75, 3.05) is 36.5 Å². The first-order chi connectivity index (χ1) is 13.5. The van der Waals surface area contributed by atoms with Crippen LogP contribution in [-0.2, 0) is 16.1 Å². The molecule has 0 spiro atoms. The lowest BCUT2D eigenvalue weighted by atomic mass is 10.2. The van der Waals surface area contributed by atoms with E-state index in [0.717, 1.165) is 25.6 Å². The molecule has 0 saturated carbocycles. The molecule has 1 aliphatic rings. The van der Waals surface area contributed by atoms with E-state index in [1.165, 1.54) is 17.8 Å². The monoisotopic (exact) mass is 407 g/mol. The highest BCUT2D eigenvalue weighted by Gasteiger charge is 2.24. The van der Waals surface area contributed by atoms with Crippen LogP contribution in [0.15, 0.2) is 29.4 Å². The van der Waals surface area contributed by atoms with Gasteiger partial charge in [0.05, 0.1) is 24.2 Å². The first kappa shape index (κ1) is 20.6. The topological polar surface area (TPSA) is 72.3 Å². The third-order valence-electron chi connectivity index (χ3n) is 4.32. The van der Waals surface area contributed by atoms with Gasteiger partial charge in [0.2, 0.25) is 11.9 Å². The first-order valence-electron chi connectivity index (χ1n) is 9.43. The van der Waals surface area contributed by atoms with Gasteiger partial charge in [-0.05, 0) is 25.0 Å². The number of halogens is 1. The standard InChI is InChI=1S/C19H26FN5O2S/c1-13(2)12-25-18(24-8-10-27-11-9-24)22-23-19(25)28-14(3)17(26)21-16-7-5-4-6-15(16)20/h4-7,13-14H,8-12H2,1-3H3,(H,21,26)/t14-/m0/s1. The smallest absolute Gasteiger partial charge is 0.237 e. The Morgan fingerprint density at radius 2 is 1.96 bits per heavy atom. The first-order valence-corrected chi connectivity index (χ1v) is 10.3. The highest BCUT2D eigenvalue weighted by molar-refractivity contribution is 8.00. The van der Waals surface area contributed by atoms with E-state index in [2.05, 4.69) is 38.8 Å². The van der Waals surface area contributed by atoms with Crippen LogP contribution in [0.4, 0.5) is 16.0 Å². The third-order valence-corrected chi connectivity index (χ3v) is 5.40. The number of ether oxygens (including phenoxy) is 1. The molecule has 3 rings (SSSR count). The van der Waals surface area contributed by atoms with Gasteiger partial charge in [-0.2, -0.15) is 0 Å². The van der Waals surface area contributed by atoms with E-state index in [0.29, 0.717) is 24.3 Å². The molecule has 1 aliphatic heterocycles. The van der Waals surface area contributed by atoms with E-state index in [9.17, 15) is 9.18 Å². The molecule has 0 unspecified atom stereocenters. The fourth-order valence-electron chi connectivity index (χ4n) is 2.90. The minimum Gasteiger partial charge on any atom is -0.378 e. The fraction of sp³-hybridized carbons (Fsp3) is 0.526. The second kappa shape index (κ2) is 9.38. The van der Waals surface area contributed by atoms with Gasteiger partial charge in [0, 0.05) is 19.6 Å². The predicted molar refractivity (Wildman–Crippen MR) is 108 cm³/mol. The SMILES string of the molecule is CC(C)Cn1c(S[C@@H](C)C(=O)Nc2ccccc2F)nnc1N1CCOCC1. The molecule has 1 saturated heterocycles. The van der Waals surface area contributed by atoms with Crippen LogP contribution >= 0.6 is 11.8 Å². The van der Waals surface area contributed by atoms with E-state index in [1.54, 1.807) is 25.1 Å². The lowest BCUT2D eigenvalue weighted by Crippen LogP contribution is -2.38. The summed E-state index contributed by atoms with van der Waals surface area (Å²) in [5, 5.41) is 11.6. The van der Waals surface area contributed by atoms with Crippen molar-refractivity contribution in [1.29, 1.82) is 0 Å². The Morgan fingerprint density at radius 3 is 2.64 bits per heavy atom. The van der Waals surface area contributed by atoms with Gasteiger partial charge in [0.25, 0.3) is 0 Å². The van der Waals surface area contributed by atoms with Crippen LogP contribution in [0, 0.1) is 11.7 Å². The molecule has 1 N–H and O–H groups in total. The van der Waals surface area contributed by atoms with Gasteiger partial charge in [0.1, 0.15) is 5.82 Å². The van der Waals surface area contributed by atoms with Gasteiger partial charge in [-0.25, -0.2) is 4.39 Å². The van der Waals surface area contributed by atoms with Crippen molar-refractivity contribution in [1.82, 2.24) is 14.8 Å². The van der Waals surface area contributed by atoms with E-state index in [4.69, 9.17) is 4.74 Å². The second-order valence-electron chi connectivity index (χ2n) is 7.12. The number of hydrogen-bond acceptors (Lipinski definition) is 6. The molecule has 9 heteroatoms. The van der Waals surface area contributed by atoms with Crippen LogP contribution in [0.2, 0.25) is 0 Å². The van der Waals surface area contributed by atoms with Gasteiger partial charge in [-0.3, -0.25) is 9.36 Å². The van der Waals surface area contributed by atoms with E-state index >= 15 is 0 Å². The zero-order valence-corrected chi connectivity index (χ0v) is 17.2. The average molecular weight is 408 g/mol.